The highest BCUT2D eigenvalue weighted by molar-refractivity contribution is 5.88. The minimum Gasteiger partial charge on any atom is -0.478 e. The van der Waals surface area contributed by atoms with Gasteiger partial charge in [0.2, 0.25) is 5.79 Å². The third-order valence-corrected chi connectivity index (χ3v) is 8.16. The van der Waals surface area contributed by atoms with Crippen molar-refractivity contribution in [2.45, 2.75) is 83.2 Å². The number of ether oxygens (including phenoxy) is 3. The van der Waals surface area contributed by atoms with E-state index in [0.717, 1.165) is 31.4 Å². The number of alkyl halides is 3. The zero-order valence-corrected chi connectivity index (χ0v) is 19.3. The predicted octanol–water partition coefficient (Wildman–Crippen LogP) is 5.13. The number of carbonyl (C=O) groups is 1. The van der Waals surface area contributed by atoms with Crippen LogP contribution < -0.4 is 0 Å². The van der Waals surface area contributed by atoms with Crippen LogP contribution in [0.4, 0.5) is 13.2 Å². The van der Waals surface area contributed by atoms with Crippen molar-refractivity contribution < 1.29 is 47.1 Å². The van der Waals surface area contributed by atoms with Gasteiger partial charge in [-0.3, -0.25) is 0 Å². The first-order chi connectivity index (χ1) is 15.9. The first-order valence-electron chi connectivity index (χ1n) is 11.7. The lowest BCUT2D eigenvalue weighted by Gasteiger charge is -2.60. The second-order valence-electron chi connectivity index (χ2n) is 10.3. The van der Waals surface area contributed by atoms with Crippen molar-refractivity contribution in [2.75, 3.05) is 0 Å². The number of aromatic carboxylic acids is 1. The second kappa shape index (κ2) is 8.16. The van der Waals surface area contributed by atoms with Crippen molar-refractivity contribution >= 4 is 5.97 Å². The maximum atomic E-state index is 13.6. The molecule has 4 aliphatic heterocycles. The monoisotopic (exact) mass is 486 g/mol. The Labute approximate surface area is 195 Å². The van der Waals surface area contributed by atoms with E-state index in [9.17, 15) is 18.0 Å². The summed E-state index contributed by atoms with van der Waals surface area (Å²) in [6.07, 6.45) is -2.94. The van der Waals surface area contributed by atoms with E-state index in [1.54, 1.807) is 6.92 Å². The van der Waals surface area contributed by atoms with Gasteiger partial charge in [0.25, 0.3) is 0 Å². The molecule has 0 radical (unpaired) electrons. The van der Waals surface area contributed by atoms with Gasteiger partial charge in [0.15, 0.2) is 18.2 Å². The molecule has 1 aromatic carbocycles. The Morgan fingerprint density at radius 1 is 1.18 bits per heavy atom. The molecule has 34 heavy (non-hydrogen) atoms. The highest BCUT2D eigenvalue weighted by Crippen LogP contribution is 2.60. The predicted molar refractivity (Wildman–Crippen MR) is 110 cm³/mol. The van der Waals surface area contributed by atoms with E-state index in [1.807, 2.05) is 6.92 Å². The van der Waals surface area contributed by atoms with Crippen LogP contribution in [0.5, 0.6) is 0 Å². The first-order valence-corrected chi connectivity index (χ1v) is 11.7. The normalized spacial score (nSPS) is 41.6. The fourth-order valence-electron chi connectivity index (χ4n) is 6.33. The molecule has 1 N–H and O–H groups in total. The number of hydrogen-bond donors (Lipinski definition) is 1. The quantitative estimate of drug-likeness (QED) is 0.591. The van der Waals surface area contributed by atoms with Crippen molar-refractivity contribution in [3.8, 4) is 0 Å². The van der Waals surface area contributed by atoms with Gasteiger partial charge in [-0.05, 0) is 55.7 Å². The van der Waals surface area contributed by atoms with Gasteiger partial charge in [-0.25, -0.2) is 14.6 Å². The molecule has 7 nitrogen and oxygen atoms in total. The van der Waals surface area contributed by atoms with Crippen LogP contribution in [-0.4, -0.2) is 35.0 Å². The van der Waals surface area contributed by atoms with Crippen molar-refractivity contribution in [2.24, 2.45) is 23.7 Å². The van der Waals surface area contributed by atoms with Crippen LogP contribution in [-0.2, 0) is 36.8 Å². The topological polar surface area (TPSA) is 83.5 Å². The average Bonchev–Trinajstić information content (AvgIpc) is 3.00. The van der Waals surface area contributed by atoms with E-state index in [0.29, 0.717) is 18.4 Å². The molecule has 10 heteroatoms. The van der Waals surface area contributed by atoms with Crippen LogP contribution >= 0.6 is 0 Å². The van der Waals surface area contributed by atoms with Gasteiger partial charge in [-0.2, -0.15) is 13.2 Å². The molecule has 2 bridgehead atoms. The molecule has 8 atom stereocenters. The van der Waals surface area contributed by atoms with E-state index in [1.165, 1.54) is 0 Å². The number of carboxylic acid groups (broad SMARTS) is 1. The molecule has 1 spiro atoms. The summed E-state index contributed by atoms with van der Waals surface area (Å²) in [5.41, 5.74) is -2.41. The second-order valence-corrected chi connectivity index (χ2v) is 10.3. The van der Waals surface area contributed by atoms with Crippen LogP contribution in [0.1, 0.15) is 67.9 Å². The molecule has 6 rings (SSSR count). The maximum Gasteiger partial charge on any atom is 0.416 e. The van der Waals surface area contributed by atoms with Gasteiger partial charge in [-0.15, -0.1) is 0 Å². The van der Waals surface area contributed by atoms with Crippen LogP contribution in [0, 0.1) is 23.7 Å². The third-order valence-electron chi connectivity index (χ3n) is 8.16. The van der Waals surface area contributed by atoms with E-state index < -0.39 is 47.2 Å². The summed E-state index contributed by atoms with van der Waals surface area (Å²) in [7, 11) is 0. The lowest BCUT2D eigenvalue weighted by molar-refractivity contribution is -0.577. The average molecular weight is 486 g/mol. The SMILES string of the molecule is C[C@@H]1CC[C@H]2[C@@H](C)C(OCc3ccc(C(=O)O)cc3C(F)(F)F)O[C@@H]3O[C@@]4(C)CC[C@@H]1[C@]32OO4. The molecule has 1 aromatic rings. The number of hydrogen-bond acceptors (Lipinski definition) is 6. The Morgan fingerprint density at radius 2 is 1.94 bits per heavy atom. The Bertz CT molecular complexity index is 968. The number of rotatable bonds is 4. The number of halogens is 3. The lowest BCUT2D eigenvalue weighted by Crippen LogP contribution is -2.70. The van der Waals surface area contributed by atoms with Crippen molar-refractivity contribution in [1.29, 1.82) is 0 Å². The fraction of sp³-hybridized carbons (Fsp3) is 0.708. The van der Waals surface area contributed by atoms with Gasteiger partial charge < -0.3 is 19.3 Å². The largest absolute Gasteiger partial charge is 0.478 e. The maximum absolute atomic E-state index is 13.6. The summed E-state index contributed by atoms with van der Waals surface area (Å²) in [4.78, 5) is 23.0. The summed E-state index contributed by atoms with van der Waals surface area (Å²) in [5.74, 6) is -2.03. The lowest BCUT2D eigenvalue weighted by atomic mass is 9.58. The van der Waals surface area contributed by atoms with Gasteiger partial charge in [-0.1, -0.05) is 19.9 Å². The van der Waals surface area contributed by atoms with E-state index >= 15 is 0 Å². The van der Waals surface area contributed by atoms with Crippen molar-refractivity contribution in [3.63, 3.8) is 0 Å². The molecular formula is C24H29F3O7. The highest BCUT2D eigenvalue weighted by atomic mass is 19.4. The molecular weight excluding hydrogens is 457 g/mol. The Balaban J connectivity index is 1.41. The minimum absolute atomic E-state index is 0.0171. The van der Waals surface area contributed by atoms with E-state index in [4.69, 9.17) is 29.1 Å². The highest BCUT2D eigenvalue weighted by Gasteiger charge is 2.69. The van der Waals surface area contributed by atoms with Crippen molar-refractivity contribution in [1.82, 2.24) is 0 Å². The van der Waals surface area contributed by atoms with Crippen LogP contribution in [0.3, 0.4) is 0 Å². The third kappa shape index (κ3) is 3.74. The van der Waals surface area contributed by atoms with E-state index in [2.05, 4.69) is 6.92 Å². The van der Waals surface area contributed by atoms with Crippen LogP contribution in [0.25, 0.3) is 0 Å². The molecule has 0 amide bonds. The first kappa shape index (κ1) is 24.0. The molecule has 5 fully saturated rings. The zero-order chi connectivity index (χ0) is 24.5. The molecule has 4 heterocycles. The summed E-state index contributed by atoms with van der Waals surface area (Å²) in [5, 5.41) is 9.09. The standard InChI is InChI=1S/C24H29F3O7/c1-12-4-7-17-13(2)20(31-21-23(17)16(12)8-9-22(3,32-21)33-34-23)30-11-15-6-5-14(19(28)29)10-18(15)24(25,26)27/h5-6,10,12-13,16-17,20-21H,4,7-9,11H2,1-3H3,(H,28,29)/t12-,13-,16+,17+,20?,21-,22-,23-/m1/s1. The van der Waals surface area contributed by atoms with Gasteiger partial charge in [0, 0.05) is 18.3 Å². The zero-order valence-electron chi connectivity index (χ0n) is 19.3. The van der Waals surface area contributed by atoms with Crippen molar-refractivity contribution in [3.05, 3.63) is 34.9 Å². The Morgan fingerprint density at radius 3 is 2.65 bits per heavy atom. The number of fused-ring (bicyclic) bond motifs is 2. The molecule has 5 aliphatic rings. The van der Waals surface area contributed by atoms with Crippen LogP contribution in [0.15, 0.2) is 18.2 Å². The van der Waals surface area contributed by atoms with Gasteiger partial charge >= 0.3 is 12.1 Å². The fourth-order valence-corrected chi connectivity index (χ4v) is 6.33. The van der Waals surface area contributed by atoms with Gasteiger partial charge in [0.1, 0.15) is 0 Å². The summed E-state index contributed by atoms with van der Waals surface area (Å²) >= 11 is 0. The number of benzene rings is 1. The van der Waals surface area contributed by atoms with Gasteiger partial charge in [0.05, 0.1) is 17.7 Å². The summed E-state index contributed by atoms with van der Waals surface area (Å²) < 4.78 is 59.2. The Hall–Kier alpha value is -1.72. The summed E-state index contributed by atoms with van der Waals surface area (Å²) in [6.45, 7) is 5.57. The molecule has 0 aromatic heterocycles. The van der Waals surface area contributed by atoms with E-state index in [-0.39, 0.29) is 29.9 Å². The smallest absolute Gasteiger partial charge is 0.416 e. The van der Waals surface area contributed by atoms with Crippen LogP contribution in [0.2, 0.25) is 0 Å². The molecule has 1 saturated carbocycles. The minimum atomic E-state index is -4.72. The number of carboxylic acids is 1. The molecule has 1 aliphatic carbocycles. The molecule has 188 valence electrons. The summed E-state index contributed by atoms with van der Waals surface area (Å²) in [6, 6.07) is 2.91. The Kier molecular flexibility index (Phi) is 5.76. The molecule has 1 unspecified atom stereocenters. The molecule has 4 saturated heterocycles.